The molecule has 1 atom stereocenters. The second-order valence-corrected chi connectivity index (χ2v) is 3.57. The third-order valence-electron chi connectivity index (χ3n) is 2.47. The highest BCUT2D eigenvalue weighted by atomic mass is 19.1. The lowest BCUT2D eigenvalue weighted by Gasteiger charge is -2.11. The van der Waals surface area contributed by atoms with Gasteiger partial charge in [-0.05, 0) is 37.0 Å². The van der Waals surface area contributed by atoms with Crippen LogP contribution in [0.15, 0.2) is 18.2 Å². The summed E-state index contributed by atoms with van der Waals surface area (Å²) in [6.07, 6.45) is 2.13. The molecule has 2 nitrogen and oxygen atoms in total. The first-order valence-electron chi connectivity index (χ1n) is 4.42. The van der Waals surface area contributed by atoms with Crippen LogP contribution in [0.25, 0.3) is 0 Å². The molecule has 0 amide bonds. The molecule has 3 N–H and O–H groups in total. The molecule has 1 saturated carbocycles. The summed E-state index contributed by atoms with van der Waals surface area (Å²) in [5, 5.41) is 9.17. The van der Waals surface area contributed by atoms with Crippen molar-refractivity contribution in [2.45, 2.75) is 18.9 Å². The Bertz CT molecular complexity index is 323. The number of nitrogens with two attached hydrogens (primary N) is 1. The van der Waals surface area contributed by atoms with Gasteiger partial charge in [-0.1, -0.05) is 0 Å². The SMILES string of the molecule is N[C@@H](c1cc(O)ccc1F)C1CC1. The third-order valence-corrected chi connectivity index (χ3v) is 2.47. The average molecular weight is 181 g/mol. The van der Waals surface area contributed by atoms with E-state index in [1.54, 1.807) is 0 Å². The monoisotopic (exact) mass is 181 g/mol. The van der Waals surface area contributed by atoms with Gasteiger partial charge in [-0.25, -0.2) is 4.39 Å². The molecule has 1 aliphatic rings. The predicted octanol–water partition coefficient (Wildman–Crippen LogP) is 1.94. The molecule has 1 fully saturated rings. The van der Waals surface area contributed by atoms with Gasteiger partial charge in [0.15, 0.2) is 0 Å². The van der Waals surface area contributed by atoms with E-state index in [4.69, 9.17) is 10.8 Å². The molecule has 0 spiro atoms. The molecule has 0 aliphatic heterocycles. The minimum Gasteiger partial charge on any atom is -0.508 e. The maximum atomic E-state index is 13.2. The number of phenols is 1. The molecule has 0 bridgehead atoms. The van der Waals surface area contributed by atoms with Gasteiger partial charge in [-0.2, -0.15) is 0 Å². The van der Waals surface area contributed by atoms with Crippen molar-refractivity contribution in [3.05, 3.63) is 29.6 Å². The first-order chi connectivity index (χ1) is 6.18. The number of phenolic OH excluding ortho intramolecular Hbond substituents is 1. The van der Waals surface area contributed by atoms with Gasteiger partial charge in [0.1, 0.15) is 11.6 Å². The predicted molar refractivity (Wildman–Crippen MR) is 47.7 cm³/mol. The van der Waals surface area contributed by atoms with Crippen molar-refractivity contribution in [2.24, 2.45) is 11.7 Å². The standard InChI is InChI=1S/C10H12FNO/c11-9-4-3-7(13)5-8(9)10(12)6-1-2-6/h3-6,10,13H,1-2,12H2/t10-/m1/s1. The summed E-state index contributed by atoms with van der Waals surface area (Å²) in [4.78, 5) is 0. The Hall–Kier alpha value is -1.09. The summed E-state index contributed by atoms with van der Waals surface area (Å²) < 4.78 is 13.2. The van der Waals surface area contributed by atoms with Crippen molar-refractivity contribution < 1.29 is 9.50 Å². The largest absolute Gasteiger partial charge is 0.508 e. The third kappa shape index (κ3) is 1.65. The molecule has 1 aliphatic carbocycles. The minimum atomic E-state index is -0.322. The highest BCUT2D eigenvalue weighted by Crippen LogP contribution is 2.40. The Morgan fingerprint density at radius 1 is 1.46 bits per heavy atom. The molecule has 1 aromatic rings. The van der Waals surface area contributed by atoms with Gasteiger partial charge in [0, 0.05) is 11.6 Å². The molecule has 0 saturated heterocycles. The zero-order valence-electron chi connectivity index (χ0n) is 7.20. The van der Waals surface area contributed by atoms with Crippen LogP contribution in [0.4, 0.5) is 4.39 Å². The molecule has 1 aromatic carbocycles. The zero-order chi connectivity index (χ0) is 9.42. The number of benzene rings is 1. The highest BCUT2D eigenvalue weighted by Gasteiger charge is 2.31. The fourth-order valence-electron chi connectivity index (χ4n) is 1.50. The van der Waals surface area contributed by atoms with Crippen LogP contribution in [0.2, 0.25) is 0 Å². The van der Waals surface area contributed by atoms with E-state index in [0.717, 1.165) is 12.8 Å². The van der Waals surface area contributed by atoms with Crippen LogP contribution in [0, 0.1) is 11.7 Å². The number of halogens is 1. The topological polar surface area (TPSA) is 46.2 Å². The quantitative estimate of drug-likeness (QED) is 0.732. The summed E-state index contributed by atoms with van der Waals surface area (Å²) in [5.41, 5.74) is 6.25. The number of hydrogen-bond donors (Lipinski definition) is 2. The maximum absolute atomic E-state index is 13.2. The number of rotatable bonds is 2. The van der Waals surface area contributed by atoms with Crippen LogP contribution in [0.1, 0.15) is 24.4 Å². The van der Waals surface area contributed by atoms with Gasteiger partial charge < -0.3 is 10.8 Å². The summed E-state index contributed by atoms with van der Waals surface area (Å²) in [5.74, 6) is 0.154. The van der Waals surface area contributed by atoms with Crippen LogP contribution in [-0.4, -0.2) is 5.11 Å². The molecular weight excluding hydrogens is 169 g/mol. The van der Waals surface area contributed by atoms with Gasteiger partial charge in [-0.3, -0.25) is 0 Å². The zero-order valence-corrected chi connectivity index (χ0v) is 7.20. The van der Waals surface area contributed by atoms with E-state index >= 15 is 0 Å². The van der Waals surface area contributed by atoms with E-state index in [1.807, 2.05) is 0 Å². The molecule has 0 aromatic heterocycles. The minimum absolute atomic E-state index is 0.0764. The van der Waals surface area contributed by atoms with Gasteiger partial charge in [0.2, 0.25) is 0 Å². The number of aromatic hydroxyl groups is 1. The van der Waals surface area contributed by atoms with Gasteiger partial charge >= 0.3 is 0 Å². The van der Waals surface area contributed by atoms with E-state index < -0.39 is 0 Å². The Labute approximate surface area is 76.2 Å². The normalized spacial score (nSPS) is 18.6. The summed E-state index contributed by atoms with van der Waals surface area (Å²) in [7, 11) is 0. The van der Waals surface area contributed by atoms with E-state index in [0.29, 0.717) is 11.5 Å². The molecule has 2 rings (SSSR count). The molecule has 0 heterocycles. The average Bonchev–Trinajstić information content (AvgIpc) is 2.91. The van der Waals surface area contributed by atoms with Crippen molar-refractivity contribution in [2.75, 3.05) is 0 Å². The van der Waals surface area contributed by atoms with Crippen molar-refractivity contribution >= 4 is 0 Å². The molecule has 0 radical (unpaired) electrons. The fraction of sp³-hybridized carbons (Fsp3) is 0.400. The number of hydrogen-bond acceptors (Lipinski definition) is 2. The first kappa shape index (κ1) is 8.51. The van der Waals surface area contributed by atoms with Crippen molar-refractivity contribution in [3.63, 3.8) is 0 Å². The van der Waals surface area contributed by atoms with E-state index in [-0.39, 0.29) is 17.6 Å². The van der Waals surface area contributed by atoms with E-state index in [2.05, 4.69) is 0 Å². The molecule has 13 heavy (non-hydrogen) atoms. The highest BCUT2D eigenvalue weighted by molar-refractivity contribution is 5.31. The van der Waals surface area contributed by atoms with E-state index in [9.17, 15) is 4.39 Å². The van der Waals surface area contributed by atoms with Crippen LogP contribution in [0.3, 0.4) is 0 Å². The first-order valence-corrected chi connectivity index (χ1v) is 4.42. The van der Waals surface area contributed by atoms with Crippen molar-refractivity contribution in [3.8, 4) is 5.75 Å². The molecular formula is C10H12FNO. The Kier molecular flexibility index (Phi) is 1.96. The van der Waals surface area contributed by atoms with E-state index in [1.165, 1.54) is 18.2 Å². The summed E-state index contributed by atoms with van der Waals surface area (Å²) in [6.45, 7) is 0. The summed E-state index contributed by atoms with van der Waals surface area (Å²) >= 11 is 0. The Balaban J connectivity index is 2.31. The van der Waals surface area contributed by atoms with Crippen LogP contribution < -0.4 is 5.73 Å². The fourth-order valence-corrected chi connectivity index (χ4v) is 1.50. The molecule has 0 unspecified atom stereocenters. The maximum Gasteiger partial charge on any atom is 0.128 e. The summed E-state index contributed by atoms with van der Waals surface area (Å²) in [6, 6.07) is 3.75. The van der Waals surface area contributed by atoms with Gasteiger partial charge in [-0.15, -0.1) is 0 Å². The lowest BCUT2D eigenvalue weighted by molar-refractivity contribution is 0.467. The lowest BCUT2D eigenvalue weighted by Crippen LogP contribution is -2.13. The molecule has 70 valence electrons. The van der Waals surface area contributed by atoms with Crippen LogP contribution >= 0.6 is 0 Å². The van der Waals surface area contributed by atoms with Crippen molar-refractivity contribution in [1.82, 2.24) is 0 Å². The lowest BCUT2D eigenvalue weighted by atomic mass is 10.0. The second kappa shape index (κ2) is 3.00. The smallest absolute Gasteiger partial charge is 0.128 e. The second-order valence-electron chi connectivity index (χ2n) is 3.57. The van der Waals surface area contributed by atoms with Crippen LogP contribution in [0.5, 0.6) is 5.75 Å². The van der Waals surface area contributed by atoms with Gasteiger partial charge in [0.25, 0.3) is 0 Å². The van der Waals surface area contributed by atoms with Crippen molar-refractivity contribution in [1.29, 1.82) is 0 Å². The molecule has 3 heteroatoms. The van der Waals surface area contributed by atoms with Gasteiger partial charge in [0.05, 0.1) is 0 Å². The van der Waals surface area contributed by atoms with Crippen LogP contribution in [-0.2, 0) is 0 Å². The Morgan fingerprint density at radius 3 is 2.77 bits per heavy atom. The Morgan fingerprint density at radius 2 is 2.15 bits per heavy atom.